The van der Waals surface area contributed by atoms with Crippen LogP contribution in [0.1, 0.15) is 34.8 Å². The van der Waals surface area contributed by atoms with Gasteiger partial charge in [0.25, 0.3) is 0 Å². The van der Waals surface area contributed by atoms with Crippen molar-refractivity contribution in [2.24, 2.45) is 0 Å². The summed E-state index contributed by atoms with van der Waals surface area (Å²) in [6.45, 7) is 0.819. The molecule has 2 unspecified atom stereocenters. The molecule has 2 aromatic rings. The number of ether oxygens (including phenoxy) is 3. The molecular formula is C21H22N2O5. The average molecular weight is 382 g/mol. The third-order valence-electron chi connectivity index (χ3n) is 4.80. The average Bonchev–Trinajstić information content (AvgIpc) is 3.11. The predicted octanol–water partition coefficient (Wildman–Crippen LogP) is 2.18. The summed E-state index contributed by atoms with van der Waals surface area (Å²) >= 11 is 0. The summed E-state index contributed by atoms with van der Waals surface area (Å²) in [5, 5.41) is 0. The van der Waals surface area contributed by atoms with Gasteiger partial charge in [0.1, 0.15) is 6.04 Å². The van der Waals surface area contributed by atoms with E-state index in [2.05, 4.69) is 10.9 Å². The highest BCUT2D eigenvalue weighted by molar-refractivity contribution is 5.98. The Bertz CT molecular complexity index is 855. The van der Waals surface area contributed by atoms with E-state index in [9.17, 15) is 9.59 Å². The molecule has 1 saturated heterocycles. The molecule has 2 N–H and O–H groups in total. The molecule has 0 aromatic heterocycles. The van der Waals surface area contributed by atoms with Crippen LogP contribution >= 0.6 is 0 Å². The zero-order chi connectivity index (χ0) is 19.3. The zero-order valence-corrected chi connectivity index (χ0v) is 15.4. The highest BCUT2D eigenvalue weighted by Crippen LogP contribution is 2.30. The summed E-state index contributed by atoms with van der Waals surface area (Å²) in [4.78, 5) is 24.7. The van der Waals surface area contributed by atoms with Crippen LogP contribution in [0.4, 0.5) is 0 Å². The number of hydrogen-bond acceptors (Lipinski definition) is 7. The first-order valence-electron chi connectivity index (χ1n) is 9.36. The third kappa shape index (κ3) is 4.16. The Morgan fingerprint density at radius 1 is 1.00 bits per heavy atom. The maximum Gasteiger partial charge on any atom is 0.325 e. The van der Waals surface area contributed by atoms with Gasteiger partial charge in [-0.3, -0.25) is 9.59 Å². The number of carbonyl (C=O) groups is 2. The maximum atomic E-state index is 12.4. The number of esters is 1. The van der Waals surface area contributed by atoms with E-state index in [4.69, 9.17) is 14.2 Å². The second kappa shape index (κ2) is 8.41. The molecule has 2 aliphatic heterocycles. The topological polar surface area (TPSA) is 85.9 Å². The molecule has 28 heavy (non-hydrogen) atoms. The van der Waals surface area contributed by atoms with Gasteiger partial charge in [-0.1, -0.05) is 30.3 Å². The highest BCUT2D eigenvalue weighted by Gasteiger charge is 2.31. The molecule has 2 heterocycles. The van der Waals surface area contributed by atoms with Gasteiger partial charge in [-0.05, 0) is 30.2 Å². The summed E-state index contributed by atoms with van der Waals surface area (Å²) < 4.78 is 16.4. The second-order valence-corrected chi connectivity index (χ2v) is 6.78. The molecule has 0 spiro atoms. The standard InChI is InChI=1S/C21H22N2O5/c24-18(15-7-8-19-20(11-15)27-10-4-9-26-19)13-28-21(25)17-12-16(22-23-17)14-5-2-1-3-6-14/h1-3,5-8,11,16-17,22-23H,4,9-10,12-13H2. The molecule has 0 aliphatic carbocycles. The number of Topliss-reactive ketones (excluding diaryl/α,β-unsaturated/α-hetero) is 1. The van der Waals surface area contributed by atoms with Gasteiger partial charge in [0.05, 0.1) is 13.2 Å². The summed E-state index contributed by atoms with van der Waals surface area (Å²) in [5.74, 6) is 0.435. The van der Waals surface area contributed by atoms with Crippen LogP contribution in [-0.2, 0) is 9.53 Å². The van der Waals surface area contributed by atoms with Crippen molar-refractivity contribution in [3.8, 4) is 11.5 Å². The monoisotopic (exact) mass is 382 g/mol. The van der Waals surface area contributed by atoms with E-state index in [-0.39, 0.29) is 18.4 Å². The lowest BCUT2D eigenvalue weighted by Gasteiger charge is -2.11. The molecule has 7 heteroatoms. The Balaban J connectivity index is 1.31. The van der Waals surface area contributed by atoms with Crippen molar-refractivity contribution in [2.45, 2.75) is 24.9 Å². The van der Waals surface area contributed by atoms with E-state index in [0.29, 0.717) is 36.7 Å². The van der Waals surface area contributed by atoms with Crippen LogP contribution < -0.4 is 20.3 Å². The predicted molar refractivity (Wildman–Crippen MR) is 101 cm³/mol. The molecule has 2 atom stereocenters. The van der Waals surface area contributed by atoms with Gasteiger partial charge in [0.2, 0.25) is 0 Å². The summed E-state index contributed by atoms with van der Waals surface area (Å²) in [5.41, 5.74) is 7.56. The SMILES string of the molecule is O=C(COC(=O)C1CC(c2ccccc2)NN1)c1ccc2c(c1)OCCCO2. The van der Waals surface area contributed by atoms with E-state index in [1.807, 2.05) is 30.3 Å². The van der Waals surface area contributed by atoms with Crippen LogP contribution in [0.15, 0.2) is 48.5 Å². The number of rotatable bonds is 5. The fourth-order valence-corrected chi connectivity index (χ4v) is 3.27. The molecule has 0 saturated carbocycles. The number of hydrogen-bond donors (Lipinski definition) is 2. The Kier molecular flexibility index (Phi) is 5.55. The fraction of sp³-hybridized carbons (Fsp3) is 0.333. The number of carbonyl (C=O) groups excluding carboxylic acids is 2. The number of fused-ring (bicyclic) bond motifs is 1. The molecule has 0 amide bonds. The lowest BCUT2D eigenvalue weighted by Crippen LogP contribution is -2.38. The van der Waals surface area contributed by atoms with Gasteiger partial charge in [-0.25, -0.2) is 10.9 Å². The number of benzene rings is 2. The molecule has 2 aromatic carbocycles. The highest BCUT2D eigenvalue weighted by atomic mass is 16.5. The van der Waals surface area contributed by atoms with E-state index in [1.165, 1.54) is 0 Å². The Morgan fingerprint density at radius 2 is 1.79 bits per heavy atom. The minimum atomic E-state index is -0.498. The minimum Gasteiger partial charge on any atom is -0.490 e. The van der Waals surface area contributed by atoms with Crippen LogP contribution in [-0.4, -0.2) is 37.6 Å². The third-order valence-corrected chi connectivity index (χ3v) is 4.80. The van der Waals surface area contributed by atoms with Crippen molar-refractivity contribution in [3.63, 3.8) is 0 Å². The molecular weight excluding hydrogens is 360 g/mol. The van der Waals surface area contributed by atoms with Gasteiger partial charge < -0.3 is 14.2 Å². The maximum absolute atomic E-state index is 12.4. The van der Waals surface area contributed by atoms with Crippen molar-refractivity contribution in [1.29, 1.82) is 0 Å². The number of nitrogens with one attached hydrogen (secondary N) is 2. The summed E-state index contributed by atoms with van der Waals surface area (Å²) in [6.07, 6.45) is 1.35. The zero-order valence-electron chi connectivity index (χ0n) is 15.4. The van der Waals surface area contributed by atoms with Gasteiger partial charge in [-0.2, -0.15) is 0 Å². The first-order chi connectivity index (χ1) is 13.7. The molecule has 0 bridgehead atoms. The van der Waals surface area contributed by atoms with Crippen molar-refractivity contribution in [1.82, 2.24) is 10.9 Å². The van der Waals surface area contributed by atoms with Crippen LogP contribution in [0.25, 0.3) is 0 Å². The molecule has 1 fully saturated rings. The molecule has 7 nitrogen and oxygen atoms in total. The van der Waals surface area contributed by atoms with Crippen LogP contribution in [0, 0.1) is 0 Å². The molecule has 146 valence electrons. The largest absolute Gasteiger partial charge is 0.490 e. The summed E-state index contributed by atoms with van der Waals surface area (Å²) in [7, 11) is 0. The van der Waals surface area contributed by atoms with Crippen molar-refractivity contribution < 1.29 is 23.8 Å². The van der Waals surface area contributed by atoms with E-state index in [0.717, 1.165) is 12.0 Å². The van der Waals surface area contributed by atoms with E-state index < -0.39 is 12.0 Å². The first kappa shape index (κ1) is 18.5. The first-order valence-corrected chi connectivity index (χ1v) is 9.36. The Morgan fingerprint density at radius 3 is 2.61 bits per heavy atom. The van der Waals surface area contributed by atoms with Crippen LogP contribution in [0.5, 0.6) is 11.5 Å². The molecule has 2 aliphatic rings. The Hall–Kier alpha value is -2.90. The summed E-state index contributed by atoms with van der Waals surface area (Å²) in [6, 6.07) is 14.4. The van der Waals surface area contributed by atoms with E-state index in [1.54, 1.807) is 18.2 Å². The van der Waals surface area contributed by atoms with Crippen molar-refractivity contribution >= 4 is 11.8 Å². The fourth-order valence-electron chi connectivity index (χ4n) is 3.27. The van der Waals surface area contributed by atoms with Gasteiger partial charge in [-0.15, -0.1) is 0 Å². The Labute approximate surface area is 162 Å². The van der Waals surface area contributed by atoms with Gasteiger partial charge in [0, 0.05) is 18.0 Å². The second-order valence-electron chi connectivity index (χ2n) is 6.78. The van der Waals surface area contributed by atoms with Crippen molar-refractivity contribution in [2.75, 3.05) is 19.8 Å². The van der Waals surface area contributed by atoms with Crippen molar-refractivity contribution in [3.05, 3.63) is 59.7 Å². The van der Waals surface area contributed by atoms with Gasteiger partial charge in [0.15, 0.2) is 23.9 Å². The van der Waals surface area contributed by atoms with E-state index >= 15 is 0 Å². The lowest BCUT2D eigenvalue weighted by atomic mass is 10.0. The quantitative estimate of drug-likeness (QED) is 0.605. The van der Waals surface area contributed by atoms with Crippen LogP contribution in [0.3, 0.4) is 0 Å². The van der Waals surface area contributed by atoms with Crippen LogP contribution in [0.2, 0.25) is 0 Å². The molecule has 0 radical (unpaired) electrons. The molecule has 4 rings (SSSR count). The lowest BCUT2D eigenvalue weighted by molar-refractivity contribution is -0.144. The smallest absolute Gasteiger partial charge is 0.325 e. The minimum absolute atomic E-state index is 0.0242. The normalized spacial score (nSPS) is 21.0. The number of ketones is 1. The number of hydrazine groups is 1. The van der Waals surface area contributed by atoms with Gasteiger partial charge >= 0.3 is 5.97 Å².